The van der Waals surface area contributed by atoms with E-state index in [0.717, 1.165) is 18.9 Å². The summed E-state index contributed by atoms with van der Waals surface area (Å²) in [6.07, 6.45) is 5.55. The Balaban J connectivity index is 1.74. The van der Waals surface area contributed by atoms with Crippen molar-refractivity contribution in [3.8, 4) is 0 Å². The van der Waals surface area contributed by atoms with Crippen LogP contribution < -0.4 is 11.1 Å². The highest BCUT2D eigenvalue weighted by molar-refractivity contribution is 5.92. The molecule has 3 N–H and O–H groups in total. The maximum absolute atomic E-state index is 11.0. The average molecular weight is 276 g/mol. The van der Waals surface area contributed by atoms with Gasteiger partial charge >= 0.3 is 0 Å². The molecule has 1 aliphatic heterocycles. The maximum Gasteiger partial charge on any atom is 0.250 e. The van der Waals surface area contributed by atoms with Crippen LogP contribution in [0.1, 0.15) is 36.5 Å². The van der Waals surface area contributed by atoms with Gasteiger partial charge in [0.15, 0.2) is 0 Å². The molecular weight excluding hydrogens is 252 g/mol. The first-order valence-corrected chi connectivity index (χ1v) is 7.37. The van der Waals surface area contributed by atoms with Gasteiger partial charge in [0.1, 0.15) is 5.82 Å². The molecule has 1 unspecified atom stereocenters. The van der Waals surface area contributed by atoms with E-state index in [-0.39, 0.29) is 0 Å². The van der Waals surface area contributed by atoms with Crippen LogP contribution in [0, 0.1) is 5.92 Å². The summed E-state index contributed by atoms with van der Waals surface area (Å²) in [6, 6.07) is 3.50. The van der Waals surface area contributed by atoms with Crippen LogP contribution in [0.15, 0.2) is 18.3 Å². The number of nitrogens with zero attached hydrogens (tertiary/aromatic N) is 2. The molecule has 1 amide bonds. The SMILES string of the molecule is CC(CNc1ccc(C(N)=O)cn1)CN1CCCCC1. The number of rotatable bonds is 6. The van der Waals surface area contributed by atoms with Crippen molar-refractivity contribution in [1.29, 1.82) is 0 Å². The van der Waals surface area contributed by atoms with Crippen molar-refractivity contribution >= 4 is 11.7 Å². The minimum Gasteiger partial charge on any atom is -0.370 e. The lowest BCUT2D eigenvalue weighted by Crippen LogP contribution is -2.35. The van der Waals surface area contributed by atoms with E-state index in [4.69, 9.17) is 5.73 Å². The molecule has 5 heteroatoms. The molecule has 0 spiro atoms. The van der Waals surface area contributed by atoms with Crippen molar-refractivity contribution < 1.29 is 4.79 Å². The van der Waals surface area contributed by atoms with Gasteiger partial charge < -0.3 is 16.0 Å². The highest BCUT2D eigenvalue weighted by Gasteiger charge is 2.13. The molecule has 1 aliphatic rings. The topological polar surface area (TPSA) is 71.2 Å². The highest BCUT2D eigenvalue weighted by Crippen LogP contribution is 2.12. The largest absolute Gasteiger partial charge is 0.370 e. The Bertz CT molecular complexity index is 426. The number of carbonyl (C=O) groups is 1. The van der Waals surface area contributed by atoms with Gasteiger partial charge in [-0.15, -0.1) is 0 Å². The summed E-state index contributed by atoms with van der Waals surface area (Å²) in [6.45, 7) is 6.73. The smallest absolute Gasteiger partial charge is 0.250 e. The van der Waals surface area contributed by atoms with Gasteiger partial charge in [0.25, 0.3) is 0 Å². The standard InChI is InChI=1S/C15H24N4O/c1-12(11-19-7-3-2-4-8-19)9-17-14-6-5-13(10-18-14)15(16)20/h5-6,10,12H,2-4,7-9,11H2,1H3,(H2,16,20)(H,17,18). The fraction of sp³-hybridized carbons (Fsp3) is 0.600. The molecule has 0 aliphatic carbocycles. The van der Waals surface area contributed by atoms with Gasteiger partial charge in [-0.1, -0.05) is 13.3 Å². The predicted molar refractivity (Wildman–Crippen MR) is 80.7 cm³/mol. The number of amides is 1. The van der Waals surface area contributed by atoms with Crippen LogP contribution in [0.2, 0.25) is 0 Å². The number of hydrogen-bond donors (Lipinski definition) is 2. The first-order valence-electron chi connectivity index (χ1n) is 7.37. The quantitative estimate of drug-likeness (QED) is 0.830. The second-order valence-electron chi connectivity index (χ2n) is 5.64. The summed E-state index contributed by atoms with van der Waals surface area (Å²) in [7, 11) is 0. The lowest BCUT2D eigenvalue weighted by molar-refractivity contribution is 0.1000. The molecule has 2 rings (SSSR count). The van der Waals surface area contributed by atoms with Gasteiger partial charge in [0.2, 0.25) is 5.91 Å². The second kappa shape index (κ2) is 7.24. The van der Waals surface area contributed by atoms with Gasteiger partial charge in [-0.2, -0.15) is 0 Å². The Morgan fingerprint density at radius 3 is 2.75 bits per heavy atom. The zero-order chi connectivity index (χ0) is 14.4. The van der Waals surface area contributed by atoms with Crippen LogP contribution in [-0.4, -0.2) is 42.0 Å². The Hall–Kier alpha value is -1.62. The zero-order valence-electron chi connectivity index (χ0n) is 12.1. The molecule has 1 saturated heterocycles. The molecule has 0 aromatic carbocycles. The average Bonchev–Trinajstić information content (AvgIpc) is 2.46. The lowest BCUT2D eigenvalue weighted by Gasteiger charge is -2.29. The molecule has 1 aromatic rings. The highest BCUT2D eigenvalue weighted by atomic mass is 16.1. The summed E-state index contributed by atoms with van der Waals surface area (Å²) in [5, 5.41) is 3.31. The van der Waals surface area contributed by atoms with E-state index in [9.17, 15) is 4.79 Å². The fourth-order valence-electron chi connectivity index (χ4n) is 2.57. The Morgan fingerprint density at radius 1 is 1.40 bits per heavy atom. The molecule has 0 saturated carbocycles. The van der Waals surface area contributed by atoms with E-state index in [1.165, 1.54) is 38.5 Å². The predicted octanol–water partition coefficient (Wildman–Crippen LogP) is 1.71. The van der Waals surface area contributed by atoms with Crippen molar-refractivity contribution in [2.75, 3.05) is 31.5 Å². The van der Waals surface area contributed by atoms with Crippen molar-refractivity contribution in [3.63, 3.8) is 0 Å². The fourth-order valence-corrected chi connectivity index (χ4v) is 2.57. The lowest BCUT2D eigenvalue weighted by atomic mass is 10.1. The minimum absolute atomic E-state index is 0.442. The van der Waals surface area contributed by atoms with E-state index in [1.54, 1.807) is 12.1 Å². The molecule has 110 valence electrons. The van der Waals surface area contributed by atoms with Crippen LogP contribution in [0.3, 0.4) is 0 Å². The number of nitrogens with one attached hydrogen (secondary N) is 1. The van der Waals surface area contributed by atoms with Crippen LogP contribution in [0.5, 0.6) is 0 Å². The van der Waals surface area contributed by atoms with Crippen molar-refractivity contribution in [3.05, 3.63) is 23.9 Å². The molecule has 0 radical (unpaired) electrons. The number of hydrogen-bond acceptors (Lipinski definition) is 4. The van der Waals surface area contributed by atoms with Gasteiger partial charge in [0, 0.05) is 19.3 Å². The molecule has 20 heavy (non-hydrogen) atoms. The van der Waals surface area contributed by atoms with Crippen LogP contribution in [0.4, 0.5) is 5.82 Å². The monoisotopic (exact) mass is 276 g/mol. The molecule has 1 atom stereocenters. The third-order valence-electron chi connectivity index (χ3n) is 3.70. The number of carbonyl (C=O) groups excluding carboxylic acids is 1. The number of primary amides is 1. The van der Waals surface area contributed by atoms with Gasteiger partial charge in [-0.05, 0) is 44.0 Å². The van der Waals surface area contributed by atoms with Gasteiger partial charge in [-0.3, -0.25) is 4.79 Å². The number of aromatic nitrogens is 1. The van der Waals surface area contributed by atoms with E-state index in [2.05, 4.69) is 22.1 Å². The molecule has 0 bridgehead atoms. The van der Waals surface area contributed by atoms with Crippen LogP contribution in [0.25, 0.3) is 0 Å². The number of nitrogens with two attached hydrogens (primary N) is 1. The third kappa shape index (κ3) is 4.49. The normalized spacial score (nSPS) is 17.6. The van der Waals surface area contributed by atoms with E-state index < -0.39 is 5.91 Å². The first kappa shape index (κ1) is 14.8. The van der Waals surface area contributed by atoms with Crippen molar-refractivity contribution in [1.82, 2.24) is 9.88 Å². The Labute approximate surface area is 120 Å². The van der Waals surface area contributed by atoms with Crippen LogP contribution in [-0.2, 0) is 0 Å². The summed E-state index contributed by atoms with van der Waals surface area (Å²) in [5.74, 6) is 0.925. The Morgan fingerprint density at radius 2 is 2.15 bits per heavy atom. The molecule has 2 heterocycles. The zero-order valence-corrected chi connectivity index (χ0v) is 12.1. The summed E-state index contributed by atoms with van der Waals surface area (Å²) < 4.78 is 0. The molecule has 1 aromatic heterocycles. The van der Waals surface area contributed by atoms with Crippen molar-refractivity contribution in [2.24, 2.45) is 11.7 Å². The van der Waals surface area contributed by atoms with E-state index >= 15 is 0 Å². The molecule has 5 nitrogen and oxygen atoms in total. The van der Waals surface area contributed by atoms with E-state index in [1.807, 2.05) is 0 Å². The van der Waals surface area contributed by atoms with Gasteiger partial charge in [-0.25, -0.2) is 4.98 Å². The second-order valence-corrected chi connectivity index (χ2v) is 5.64. The first-order chi connectivity index (χ1) is 9.65. The maximum atomic E-state index is 11.0. The number of anilines is 1. The van der Waals surface area contributed by atoms with Crippen molar-refractivity contribution in [2.45, 2.75) is 26.2 Å². The molecular formula is C15H24N4O. The summed E-state index contributed by atoms with van der Waals surface area (Å²) >= 11 is 0. The van der Waals surface area contributed by atoms with E-state index in [0.29, 0.717) is 11.5 Å². The summed E-state index contributed by atoms with van der Waals surface area (Å²) in [4.78, 5) is 17.7. The Kier molecular flexibility index (Phi) is 5.35. The number of likely N-dealkylation sites (tertiary alicyclic amines) is 1. The number of piperidine rings is 1. The van der Waals surface area contributed by atoms with Crippen LogP contribution >= 0.6 is 0 Å². The molecule has 1 fully saturated rings. The third-order valence-corrected chi connectivity index (χ3v) is 3.70. The minimum atomic E-state index is -0.442. The number of pyridine rings is 1. The summed E-state index contributed by atoms with van der Waals surface area (Å²) in [5.41, 5.74) is 5.63. The van der Waals surface area contributed by atoms with Gasteiger partial charge in [0.05, 0.1) is 5.56 Å².